The van der Waals surface area contributed by atoms with Crippen LogP contribution in [0, 0.1) is 24.7 Å². The SMILES string of the molecule is CC(=O)CC(=O)C1C(=O)C2=C(O)c3c(O)c(C)cc(N(C)C)c3CC2CC1CCO. The number of aromatic hydroxyl groups is 1. The highest BCUT2D eigenvalue weighted by Gasteiger charge is 2.47. The Labute approximate surface area is 176 Å². The Morgan fingerprint density at radius 3 is 2.47 bits per heavy atom. The predicted molar refractivity (Wildman–Crippen MR) is 113 cm³/mol. The lowest BCUT2D eigenvalue weighted by Crippen LogP contribution is -2.43. The molecule has 7 heteroatoms. The Morgan fingerprint density at radius 2 is 1.90 bits per heavy atom. The maximum atomic E-state index is 13.4. The number of hydrogen-bond donors (Lipinski definition) is 3. The molecular formula is C23H29NO6. The van der Waals surface area contributed by atoms with Gasteiger partial charge in [0.1, 0.15) is 17.3 Å². The Kier molecular flexibility index (Phi) is 6.04. The third kappa shape index (κ3) is 3.62. The number of benzene rings is 1. The first-order valence-electron chi connectivity index (χ1n) is 10.2. The summed E-state index contributed by atoms with van der Waals surface area (Å²) >= 11 is 0. The molecule has 0 bridgehead atoms. The molecule has 3 rings (SSSR count). The van der Waals surface area contributed by atoms with E-state index in [0.29, 0.717) is 18.4 Å². The first-order valence-corrected chi connectivity index (χ1v) is 10.2. The summed E-state index contributed by atoms with van der Waals surface area (Å²) in [6.45, 7) is 2.86. The van der Waals surface area contributed by atoms with Gasteiger partial charge >= 0.3 is 0 Å². The minimum absolute atomic E-state index is 0.0732. The number of carbonyl (C=O) groups excluding carboxylic acids is 3. The van der Waals surface area contributed by atoms with Gasteiger partial charge in [0.25, 0.3) is 0 Å². The summed E-state index contributed by atoms with van der Waals surface area (Å²) in [6, 6.07) is 1.85. The number of allylic oxidation sites excluding steroid dienone is 1. The molecule has 1 aromatic carbocycles. The molecule has 0 spiro atoms. The fourth-order valence-electron chi connectivity index (χ4n) is 4.98. The first kappa shape index (κ1) is 22.0. The molecule has 2 aliphatic carbocycles. The van der Waals surface area contributed by atoms with E-state index in [1.165, 1.54) is 6.92 Å². The third-order valence-corrected chi connectivity index (χ3v) is 6.28. The van der Waals surface area contributed by atoms with Crippen molar-refractivity contribution >= 4 is 28.8 Å². The van der Waals surface area contributed by atoms with Crippen molar-refractivity contribution in [2.75, 3.05) is 25.6 Å². The van der Waals surface area contributed by atoms with E-state index in [0.717, 1.165) is 11.3 Å². The summed E-state index contributed by atoms with van der Waals surface area (Å²) < 4.78 is 0. The minimum Gasteiger partial charge on any atom is -0.507 e. The number of hydrogen-bond acceptors (Lipinski definition) is 7. The molecule has 1 fully saturated rings. The molecule has 0 aromatic heterocycles. The summed E-state index contributed by atoms with van der Waals surface area (Å²) in [4.78, 5) is 39.5. The Hall–Kier alpha value is -2.67. The normalized spacial score (nSPS) is 23.1. The topological polar surface area (TPSA) is 115 Å². The van der Waals surface area contributed by atoms with E-state index in [2.05, 4.69) is 0 Å². The molecule has 0 heterocycles. The van der Waals surface area contributed by atoms with Gasteiger partial charge in [-0.15, -0.1) is 0 Å². The number of aliphatic hydroxyl groups excluding tert-OH is 2. The molecule has 0 amide bonds. The molecule has 0 saturated heterocycles. The van der Waals surface area contributed by atoms with Crippen molar-refractivity contribution in [1.82, 2.24) is 0 Å². The predicted octanol–water partition coefficient (Wildman–Crippen LogP) is 2.34. The minimum atomic E-state index is -1.06. The molecule has 162 valence electrons. The van der Waals surface area contributed by atoms with E-state index in [1.54, 1.807) is 6.92 Å². The second kappa shape index (κ2) is 8.22. The largest absolute Gasteiger partial charge is 0.507 e. The van der Waals surface area contributed by atoms with Crippen LogP contribution in [0.25, 0.3) is 5.76 Å². The van der Waals surface area contributed by atoms with E-state index in [-0.39, 0.29) is 59.7 Å². The number of anilines is 1. The van der Waals surface area contributed by atoms with Crippen molar-refractivity contribution in [2.45, 2.75) is 39.5 Å². The van der Waals surface area contributed by atoms with Crippen LogP contribution >= 0.6 is 0 Å². The Morgan fingerprint density at radius 1 is 1.23 bits per heavy atom. The zero-order chi connectivity index (χ0) is 22.3. The summed E-state index contributed by atoms with van der Waals surface area (Å²) in [6.07, 6.45) is 0.818. The van der Waals surface area contributed by atoms with E-state index in [4.69, 9.17) is 0 Å². The highest BCUT2D eigenvalue weighted by Crippen LogP contribution is 2.49. The molecular weight excluding hydrogens is 386 g/mol. The maximum Gasteiger partial charge on any atom is 0.173 e. The van der Waals surface area contributed by atoms with Gasteiger partial charge in [-0.05, 0) is 62.1 Å². The number of rotatable bonds is 6. The van der Waals surface area contributed by atoms with Gasteiger partial charge in [-0.3, -0.25) is 14.4 Å². The Balaban J connectivity index is 2.17. The van der Waals surface area contributed by atoms with Crippen molar-refractivity contribution in [2.24, 2.45) is 17.8 Å². The number of aryl methyl sites for hydroxylation is 1. The van der Waals surface area contributed by atoms with Gasteiger partial charge in [0, 0.05) is 32.0 Å². The molecule has 3 N–H and O–H groups in total. The number of Topliss-reactive ketones (excluding diaryl/α,β-unsaturated/α-hetero) is 3. The van der Waals surface area contributed by atoms with E-state index < -0.39 is 17.5 Å². The maximum absolute atomic E-state index is 13.4. The zero-order valence-electron chi connectivity index (χ0n) is 17.9. The molecule has 30 heavy (non-hydrogen) atoms. The quantitative estimate of drug-likeness (QED) is 0.611. The number of carbonyl (C=O) groups is 3. The monoisotopic (exact) mass is 415 g/mol. The van der Waals surface area contributed by atoms with Crippen LogP contribution in [-0.4, -0.2) is 53.4 Å². The van der Waals surface area contributed by atoms with Crippen molar-refractivity contribution < 1.29 is 29.7 Å². The number of aliphatic hydroxyl groups is 2. The average Bonchev–Trinajstić information content (AvgIpc) is 2.63. The second-order valence-electron chi connectivity index (χ2n) is 8.67. The van der Waals surface area contributed by atoms with Crippen LogP contribution in [0.3, 0.4) is 0 Å². The summed E-state index contributed by atoms with van der Waals surface area (Å²) in [5.74, 6) is -3.41. The van der Waals surface area contributed by atoms with Gasteiger partial charge in [-0.1, -0.05) is 0 Å². The van der Waals surface area contributed by atoms with Crippen molar-refractivity contribution in [3.8, 4) is 5.75 Å². The van der Waals surface area contributed by atoms with Crippen LogP contribution < -0.4 is 4.90 Å². The number of phenols is 1. The summed E-state index contributed by atoms with van der Waals surface area (Å²) in [5, 5.41) is 31.2. The van der Waals surface area contributed by atoms with E-state index in [9.17, 15) is 29.7 Å². The van der Waals surface area contributed by atoms with Gasteiger partial charge in [0.2, 0.25) is 0 Å². The van der Waals surface area contributed by atoms with Gasteiger partial charge in [0.15, 0.2) is 11.6 Å². The van der Waals surface area contributed by atoms with E-state index in [1.807, 2.05) is 25.1 Å². The molecule has 1 saturated carbocycles. The van der Waals surface area contributed by atoms with Gasteiger partial charge in [0.05, 0.1) is 17.9 Å². The molecule has 2 aliphatic rings. The van der Waals surface area contributed by atoms with Crippen LogP contribution in [0.2, 0.25) is 0 Å². The summed E-state index contributed by atoms with van der Waals surface area (Å²) in [7, 11) is 3.75. The average molecular weight is 415 g/mol. The van der Waals surface area contributed by atoms with Crippen molar-refractivity contribution in [3.05, 3.63) is 28.3 Å². The number of phenolic OH excluding ortho intramolecular Hbond substituents is 1. The van der Waals surface area contributed by atoms with Crippen LogP contribution in [0.4, 0.5) is 5.69 Å². The fourth-order valence-corrected chi connectivity index (χ4v) is 4.98. The standard InChI is InChI=1S/C23H29NO6/c1-11-7-16(24(3)4)15-10-14-9-13(5-6-25)18(17(27)8-12(2)26)22(29)19(14)23(30)20(15)21(11)28/h7,13-14,18,25,28,30H,5-6,8-10H2,1-4H3. The second-order valence-corrected chi connectivity index (χ2v) is 8.67. The van der Waals surface area contributed by atoms with E-state index >= 15 is 0 Å². The van der Waals surface area contributed by atoms with Crippen LogP contribution in [0.1, 0.15) is 42.9 Å². The molecule has 0 aliphatic heterocycles. The number of ketones is 3. The van der Waals surface area contributed by atoms with Gasteiger partial charge in [-0.2, -0.15) is 0 Å². The molecule has 7 nitrogen and oxygen atoms in total. The van der Waals surface area contributed by atoms with Crippen molar-refractivity contribution in [3.63, 3.8) is 0 Å². The van der Waals surface area contributed by atoms with Crippen molar-refractivity contribution in [1.29, 1.82) is 0 Å². The highest BCUT2D eigenvalue weighted by atomic mass is 16.3. The molecule has 3 unspecified atom stereocenters. The molecule has 1 aromatic rings. The lowest BCUT2D eigenvalue weighted by molar-refractivity contribution is -0.137. The molecule has 0 radical (unpaired) electrons. The van der Waals surface area contributed by atoms with Gasteiger partial charge < -0.3 is 20.2 Å². The number of fused-ring (bicyclic) bond motifs is 2. The third-order valence-electron chi connectivity index (χ3n) is 6.28. The summed E-state index contributed by atoms with van der Waals surface area (Å²) in [5.41, 5.74) is 2.60. The van der Waals surface area contributed by atoms with Crippen LogP contribution in [-0.2, 0) is 20.8 Å². The number of nitrogens with zero attached hydrogens (tertiary/aromatic N) is 1. The van der Waals surface area contributed by atoms with Gasteiger partial charge in [-0.25, -0.2) is 0 Å². The lowest BCUT2D eigenvalue weighted by Gasteiger charge is -2.39. The Bertz CT molecular complexity index is 946. The smallest absolute Gasteiger partial charge is 0.173 e. The first-order chi connectivity index (χ1) is 14.1. The zero-order valence-corrected chi connectivity index (χ0v) is 17.9. The highest BCUT2D eigenvalue weighted by molar-refractivity contribution is 6.17. The fraction of sp³-hybridized carbons (Fsp3) is 0.522. The lowest BCUT2D eigenvalue weighted by atomic mass is 9.63. The van der Waals surface area contributed by atoms with Crippen LogP contribution in [0.15, 0.2) is 11.6 Å². The van der Waals surface area contributed by atoms with Crippen LogP contribution in [0.5, 0.6) is 5.75 Å². The molecule has 3 atom stereocenters.